The highest BCUT2D eigenvalue weighted by molar-refractivity contribution is 7.07. The fourth-order valence-corrected chi connectivity index (χ4v) is 4.53. The molecule has 1 aromatic heterocycles. The molecular weight excluding hydrogens is 424 g/mol. The average molecular weight is 445 g/mol. The van der Waals surface area contributed by atoms with Crippen LogP contribution in [0.4, 0.5) is 5.69 Å². The second kappa shape index (κ2) is 8.32. The Balaban J connectivity index is 1.63. The first-order chi connectivity index (χ1) is 15.6. The number of anilines is 1. The van der Waals surface area contributed by atoms with Crippen molar-refractivity contribution in [3.63, 3.8) is 0 Å². The van der Waals surface area contributed by atoms with Crippen molar-refractivity contribution in [3.05, 3.63) is 70.3 Å². The summed E-state index contributed by atoms with van der Waals surface area (Å²) < 4.78 is 7.22. The van der Waals surface area contributed by atoms with E-state index in [0.29, 0.717) is 23.5 Å². The second-order valence-corrected chi connectivity index (χ2v) is 8.04. The lowest BCUT2D eigenvalue weighted by atomic mass is 10.0. The second-order valence-electron chi connectivity index (χ2n) is 7.20. The Morgan fingerprint density at radius 1 is 1.22 bits per heavy atom. The van der Waals surface area contributed by atoms with Crippen molar-refractivity contribution in [2.45, 2.75) is 6.92 Å². The Bertz CT molecular complexity index is 1430. The highest BCUT2D eigenvalue weighted by Gasteiger charge is 2.18. The molecule has 32 heavy (non-hydrogen) atoms. The van der Waals surface area contributed by atoms with Crippen LogP contribution in [0, 0.1) is 0 Å². The minimum absolute atomic E-state index is 0.0170. The predicted molar refractivity (Wildman–Crippen MR) is 127 cm³/mol. The van der Waals surface area contributed by atoms with Crippen LogP contribution in [0.15, 0.2) is 70.1 Å². The number of rotatable bonds is 4. The molecule has 160 valence electrons. The van der Waals surface area contributed by atoms with E-state index in [2.05, 4.69) is 10.3 Å². The Hall–Kier alpha value is -3.91. The number of ether oxygens (including phenoxy) is 1. The molecule has 7 nitrogen and oxygen atoms in total. The van der Waals surface area contributed by atoms with E-state index < -0.39 is 0 Å². The molecule has 8 heteroatoms. The number of aromatic nitrogens is 1. The minimum Gasteiger partial charge on any atom is -0.507 e. The summed E-state index contributed by atoms with van der Waals surface area (Å²) in [5.41, 5.74) is 2.95. The van der Waals surface area contributed by atoms with Gasteiger partial charge in [0, 0.05) is 23.1 Å². The van der Waals surface area contributed by atoms with Gasteiger partial charge in [-0.05, 0) is 42.0 Å². The molecule has 1 amide bonds. The third-order valence-electron chi connectivity index (χ3n) is 5.14. The number of thiazole rings is 1. The SMILES string of the molecule is CCN=c1scc(-c2ccc3c(c2)NC(=O)CO3)n1N=Cc1c(O)ccc2ccccc12. The molecule has 2 N–H and O–H groups in total. The van der Waals surface area contributed by atoms with Gasteiger partial charge in [0.05, 0.1) is 17.6 Å². The van der Waals surface area contributed by atoms with Gasteiger partial charge in [0.15, 0.2) is 6.61 Å². The van der Waals surface area contributed by atoms with Gasteiger partial charge in [-0.1, -0.05) is 30.3 Å². The number of nitrogens with zero attached hydrogens (tertiary/aromatic N) is 3. The monoisotopic (exact) mass is 444 g/mol. The first kappa shape index (κ1) is 20.0. The molecular formula is C24H20N4O3S. The van der Waals surface area contributed by atoms with Gasteiger partial charge in [0.1, 0.15) is 11.5 Å². The van der Waals surface area contributed by atoms with E-state index in [4.69, 9.17) is 9.84 Å². The standard InChI is InChI=1S/C24H20N4O3S/c1-2-25-24-28(26-12-18-17-6-4-3-5-15(17)7-9-21(18)29)20(14-32-24)16-8-10-22-19(11-16)27-23(30)13-31-22/h3-12,14,29H,2,13H2,1H3,(H,27,30). The van der Waals surface area contributed by atoms with Crippen LogP contribution in [0.1, 0.15) is 12.5 Å². The molecule has 0 atom stereocenters. The highest BCUT2D eigenvalue weighted by atomic mass is 32.1. The number of fused-ring (bicyclic) bond motifs is 2. The van der Waals surface area contributed by atoms with Crippen molar-refractivity contribution in [2.24, 2.45) is 10.1 Å². The number of benzene rings is 3. The lowest BCUT2D eigenvalue weighted by Crippen LogP contribution is -2.25. The fraction of sp³-hybridized carbons (Fsp3) is 0.125. The summed E-state index contributed by atoms with van der Waals surface area (Å²) in [5.74, 6) is 0.615. The van der Waals surface area contributed by atoms with Crippen LogP contribution < -0.4 is 14.9 Å². The number of aromatic hydroxyl groups is 1. The Kier molecular flexibility index (Phi) is 5.20. The van der Waals surface area contributed by atoms with Crippen molar-refractivity contribution in [2.75, 3.05) is 18.5 Å². The van der Waals surface area contributed by atoms with Gasteiger partial charge >= 0.3 is 0 Å². The molecule has 5 rings (SSSR count). The van der Waals surface area contributed by atoms with Gasteiger partial charge in [0.25, 0.3) is 5.91 Å². The molecule has 0 saturated carbocycles. The zero-order valence-electron chi connectivity index (χ0n) is 17.3. The molecule has 1 aliphatic heterocycles. The number of hydrogen-bond acceptors (Lipinski definition) is 6. The van der Waals surface area contributed by atoms with Crippen molar-refractivity contribution < 1.29 is 14.6 Å². The third-order valence-corrected chi connectivity index (χ3v) is 5.99. The van der Waals surface area contributed by atoms with Gasteiger partial charge < -0.3 is 15.2 Å². The van der Waals surface area contributed by atoms with Gasteiger partial charge in [-0.3, -0.25) is 9.79 Å². The molecule has 0 saturated heterocycles. The zero-order chi connectivity index (χ0) is 22.1. The molecule has 0 unspecified atom stereocenters. The average Bonchev–Trinajstić information content (AvgIpc) is 3.20. The van der Waals surface area contributed by atoms with Crippen LogP contribution >= 0.6 is 11.3 Å². The van der Waals surface area contributed by atoms with Gasteiger partial charge in [0.2, 0.25) is 4.80 Å². The number of carbonyl (C=O) groups is 1. The molecule has 3 aromatic carbocycles. The largest absolute Gasteiger partial charge is 0.507 e. The lowest BCUT2D eigenvalue weighted by Gasteiger charge is -2.18. The van der Waals surface area contributed by atoms with Crippen molar-refractivity contribution >= 4 is 39.9 Å². The molecule has 2 heterocycles. The fourth-order valence-electron chi connectivity index (χ4n) is 3.63. The highest BCUT2D eigenvalue weighted by Crippen LogP contribution is 2.33. The Morgan fingerprint density at radius 3 is 2.97 bits per heavy atom. The maximum absolute atomic E-state index is 11.7. The number of hydrogen-bond donors (Lipinski definition) is 2. The number of phenols is 1. The molecule has 0 fully saturated rings. The number of amides is 1. The minimum atomic E-state index is -0.182. The molecule has 4 aromatic rings. The van der Waals surface area contributed by atoms with Crippen LogP contribution in [-0.2, 0) is 4.79 Å². The van der Waals surface area contributed by atoms with Crippen molar-refractivity contribution in [1.82, 2.24) is 4.68 Å². The van der Waals surface area contributed by atoms with E-state index in [1.807, 2.05) is 60.8 Å². The lowest BCUT2D eigenvalue weighted by molar-refractivity contribution is -0.118. The van der Waals surface area contributed by atoms with Crippen LogP contribution in [0.2, 0.25) is 0 Å². The van der Waals surface area contributed by atoms with Gasteiger partial charge in [-0.2, -0.15) is 5.10 Å². The summed E-state index contributed by atoms with van der Waals surface area (Å²) in [7, 11) is 0. The van der Waals surface area contributed by atoms with Crippen molar-refractivity contribution in [1.29, 1.82) is 0 Å². The van der Waals surface area contributed by atoms with Crippen LogP contribution in [0.3, 0.4) is 0 Å². The Labute approximate surface area is 187 Å². The zero-order valence-corrected chi connectivity index (χ0v) is 18.1. The summed E-state index contributed by atoms with van der Waals surface area (Å²) in [6, 6.07) is 17.0. The van der Waals surface area contributed by atoms with Gasteiger partial charge in [-0.15, -0.1) is 11.3 Å². The van der Waals surface area contributed by atoms with E-state index in [0.717, 1.165) is 26.8 Å². The maximum Gasteiger partial charge on any atom is 0.262 e. The van der Waals surface area contributed by atoms with E-state index in [9.17, 15) is 9.90 Å². The quantitative estimate of drug-likeness (QED) is 0.462. The van der Waals surface area contributed by atoms with E-state index in [1.54, 1.807) is 17.0 Å². The number of nitrogens with one attached hydrogen (secondary N) is 1. The molecule has 0 aliphatic carbocycles. The number of carbonyl (C=O) groups excluding carboxylic acids is 1. The summed E-state index contributed by atoms with van der Waals surface area (Å²) >= 11 is 1.48. The van der Waals surface area contributed by atoms with E-state index >= 15 is 0 Å². The summed E-state index contributed by atoms with van der Waals surface area (Å²) in [4.78, 5) is 17.0. The predicted octanol–water partition coefficient (Wildman–Crippen LogP) is 4.21. The summed E-state index contributed by atoms with van der Waals surface area (Å²) in [5, 5.41) is 21.9. The normalized spacial score (nSPS) is 13.9. The van der Waals surface area contributed by atoms with Crippen LogP contribution in [0.25, 0.3) is 22.0 Å². The van der Waals surface area contributed by atoms with Crippen LogP contribution in [0.5, 0.6) is 11.5 Å². The molecule has 0 radical (unpaired) electrons. The molecule has 1 aliphatic rings. The van der Waals surface area contributed by atoms with Gasteiger partial charge in [-0.25, -0.2) is 4.68 Å². The Morgan fingerprint density at radius 2 is 2.09 bits per heavy atom. The van der Waals surface area contributed by atoms with Crippen molar-refractivity contribution in [3.8, 4) is 22.8 Å². The molecule has 0 bridgehead atoms. The number of phenolic OH excluding ortho intramolecular Hbond substituents is 1. The summed E-state index contributed by atoms with van der Waals surface area (Å²) in [6.45, 7) is 2.60. The molecule has 0 spiro atoms. The first-order valence-electron chi connectivity index (χ1n) is 10.2. The van der Waals surface area contributed by atoms with Crippen LogP contribution in [-0.4, -0.2) is 35.1 Å². The van der Waals surface area contributed by atoms with E-state index in [1.165, 1.54) is 11.3 Å². The third kappa shape index (κ3) is 3.65. The topological polar surface area (TPSA) is 88.2 Å². The first-order valence-corrected chi connectivity index (χ1v) is 11.0. The van der Waals surface area contributed by atoms with E-state index in [-0.39, 0.29) is 18.3 Å². The summed E-state index contributed by atoms with van der Waals surface area (Å²) in [6.07, 6.45) is 1.66. The maximum atomic E-state index is 11.7. The smallest absolute Gasteiger partial charge is 0.262 e.